The molecule has 0 radical (unpaired) electrons. The smallest absolute Gasteiger partial charge is 0.224 e. The van der Waals surface area contributed by atoms with Gasteiger partial charge in [0, 0.05) is 37.9 Å². The molecule has 0 aliphatic carbocycles. The highest BCUT2D eigenvalue weighted by Crippen LogP contribution is 2.07. The van der Waals surface area contributed by atoms with Crippen LogP contribution >= 0.6 is 0 Å². The molecule has 100 valence electrons. The summed E-state index contributed by atoms with van der Waals surface area (Å²) in [5, 5.41) is 0. The van der Waals surface area contributed by atoms with E-state index in [1.807, 2.05) is 24.0 Å². The van der Waals surface area contributed by atoms with Crippen molar-refractivity contribution in [3.8, 4) is 0 Å². The summed E-state index contributed by atoms with van der Waals surface area (Å²) in [6.07, 6.45) is 5.85. The fourth-order valence-electron chi connectivity index (χ4n) is 1.91. The van der Waals surface area contributed by atoms with E-state index >= 15 is 0 Å². The molecule has 1 amide bonds. The number of amides is 1. The predicted octanol–water partition coefficient (Wildman–Crippen LogP) is 1.95. The maximum absolute atomic E-state index is 12.1. The molecule has 0 aliphatic rings. The Bertz CT molecular complexity index is 353. The highest BCUT2D eigenvalue weighted by Gasteiger charge is 2.15. The number of carbonyl (C=O) groups excluding carboxylic acids is 1. The third-order valence-corrected chi connectivity index (χ3v) is 2.95. The number of nitrogens with two attached hydrogens (primary N) is 1. The van der Waals surface area contributed by atoms with Crippen molar-refractivity contribution in [1.29, 1.82) is 0 Å². The fourth-order valence-corrected chi connectivity index (χ4v) is 1.91. The molecular weight excluding hydrogens is 226 g/mol. The van der Waals surface area contributed by atoms with Gasteiger partial charge < -0.3 is 10.6 Å². The summed E-state index contributed by atoms with van der Waals surface area (Å²) < 4.78 is 0. The Kier molecular flexibility index (Phi) is 6.36. The van der Waals surface area contributed by atoms with Crippen LogP contribution in [-0.2, 0) is 11.3 Å². The van der Waals surface area contributed by atoms with Gasteiger partial charge in [0.1, 0.15) is 0 Å². The molecule has 0 saturated heterocycles. The Morgan fingerprint density at radius 3 is 2.61 bits per heavy atom. The van der Waals surface area contributed by atoms with Gasteiger partial charge in [-0.2, -0.15) is 0 Å². The summed E-state index contributed by atoms with van der Waals surface area (Å²) in [6.45, 7) is 5.42. The van der Waals surface area contributed by atoms with Gasteiger partial charge in [0.25, 0.3) is 0 Å². The average Bonchev–Trinajstić information content (AvgIpc) is 2.37. The monoisotopic (exact) mass is 249 g/mol. The van der Waals surface area contributed by atoms with E-state index in [1.165, 1.54) is 0 Å². The summed E-state index contributed by atoms with van der Waals surface area (Å²) in [7, 11) is 0. The molecule has 2 N–H and O–H groups in total. The topological polar surface area (TPSA) is 59.2 Å². The number of rotatable bonds is 7. The van der Waals surface area contributed by atoms with Crippen LogP contribution in [0.3, 0.4) is 0 Å². The second kappa shape index (κ2) is 7.82. The first-order valence-corrected chi connectivity index (χ1v) is 6.59. The molecule has 1 aromatic heterocycles. The van der Waals surface area contributed by atoms with Crippen molar-refractivity contribution >= 4 is 5.91 Å². The molecule has 1 atom stereocenters. The second-order valence-electron chi connectivity index (χ2n) is 4.52. The van der Waals surface area contributed by atoms with E-state index in [9.17, 15) is 4.79 Å². The van der Waals surface area contributed by atoms with Gasteiger partial charge in [0.2, 0.25) is 5.91 Å². The SMILES string of the molecule is CCCC(N)CC(=O)N(CC)Cc1ccncc1. The molecule has 1 unspecified atom stereocenters. The number of hydrogen-bond donors (Lipinski definition) is 1. The molecule has 4 heteroatoms. The quantitative estimate of drug-likeness (QED) is 0.803. The first-order valence-electron chi connectivity index (χ1n) is 6.59. The first kappa shape index (κ1) is 14.6. The molecule has 1 aromatic rings. The van der Waals surface area contributed by atoms with E-state index in [0.29, 0.717) is 19.5 Å². The zero-order valence-corrected chi connectivity index (χ0v) is 11.3. The van der Waals surface area contributed by atoms with E-state index in [-0.39, 0.29) is 11.9 Å². The molecule has 0 bridgehead atoms. The minimum absolute atomic E-state index is 0.0195. The van der Waals surface area contributed by atoms with Crippen molar-refractivity contribution in [3.05, 3.63) is 30.1 Å². The van der Waals surface area contributed by atoms with E-state index in [1.54, 1.807) is 12.4 Å². The molecule has 0 aliphatic heterocycles. The van der Waals surface area contributed by atoms with Gasteiger partial charge in [-0.3, -0.25) is 9.78 Å². The van der Waals surface area contributed by atoms with E-state index in [0.717, 1.165) is 18.4 Å². The van der Waals surface area contributed by atoms with Crippen molar-refractivity contribution in [2.75, 3.05) is 6.54 Å². The maximum atomic E-state index is 12.1. The zero-order chi connectivity index (χ0) is 13.4. The molecule has 0 saturated carbocycles. The fraction of sp³-hybridized carbons (Fsp3) is 0.571. The van der Waals surface area contributed by atoms with Crippen LogP contribution in [0, 0.1) is 0 Å². The van der Waals surface area contributed by atoms with Crippen LogP contribution in [0.1, 0.15) is 38.7 Å². The van der Waals surface area contributed by atoms with Crippen molar-refractivity contribution in [3.63, 3.8) is 0 Å². The van der Waals surface area contributed by atoms with Crippen molar-refractivity contribution in [2.24, 2.45) is 5.73 Å². The van der Waals surface area contributed by atoms with Crippen molar-refractivity contribution in [2.45, 2.75) is 45.7 Å². The van der Waals surface area contributed by atoms with Crippen LogP contribution < -0.4 is 5.73 Å². The zero-order valence-electron chi connectivity index (χ0n) is 11.3. The lowest BCUT2D eigenvalue weighted by Crippen LogP contribution is -2.35. The highest BCUT2D eigenvalue weighted by molar-refractivity contribution is 5.76. The van der Waals surface area contributed by atoms with Crippen LogP contribution in [0.2, 0.25) is 0 Å². The molecule has 4 nitrogen and oxygen atoms in total. The lowest BCUT2D eigenvalue weighted by atomic mass is 10.1. The number of hydrogen-bond acceptors (Lipinski definition) is 3. The number of aromatic nitrogens is 1. The van der Waals surface area contributed by atoms with Gasteiger partial charge >= 0.3 is 0 Å². The van der Waals surface area contributed by atoms with Gasteiger partial charge in [0.05, 0.1) is 0 Å². The third-order valence-electron chi connectivity index (χ3n) is 2.95. The summed E-state index contributed by atoms with van der Waals surface area (Å²) in [4.78, 5) is 17.9. The Hall–Kier alpha value is -1.42. The van der Waals surface area contributed by atoms with Crippen LogP contribution in [-0.4, -0.2) is 28.4 Å². The van der Waals surface area contributed by atoms with Gasteiger partial charge in [-0.15, -0.1) is 0 Å². The lowest BCUT2D eigenvalue weighted by molar-refractivity contribution is -0.132. The number of pyridine rings is 1. The van der Waals surface area contributed by atoms with Gasteiger partial charge in [-0.25, -0.2) is 0 Å². The standard InChI is InChI=1S/C14H23N3O/c1-3-5-13(15)10-14(18)17(4-2)11-12-6-8-16-9-7-12/h6-9,13H,3-5,10-11,15H2,1-2H3. The van der Waals surface area contributed by atoms with E-state index in [4.69, 9.17) is 5.73 Å². The van der Waals surface area contributed by atoms with Crippen LogP contribution in [0.15, 0.2) is 24.5 Å². The van der Waals surface area contributed by atoms with E-state index in [2.05, 4.69) is 11.9 Å². The van der Waals surface area contributed by atoms with Crippen LogP contribution in [0.5, 0.6) is 0 Å². The molecule has 0 fully saturated rings. The molecule has 18 heavy (non-hydrogen) atoms. The Balaban J connectivity index is 2.52. The summed E-state index contributed by atoms with van der Waals surface area (Å²) in [5.74, 6) is 0.135. The molecule has 1 heterocycles. The molecule has 1 rings (SSSR count). The summed E-state index contributed by atoms with van der Waals surface area (Å²) in [5.41, 5.74) is 7.01. The maximum Gasteiger partial charge on any atom is 0.224 e. The number of nitrogens with zero attached hydrogens (tertiary/aromatic N) is 2. The van der Waals surface area contributed by atoms with Gasteiger partial charge in [0.15, 0.2) is 0 Å². The van der Waals surface area contributed by atoms with Crippen molar-refractivity contribution in [1.82, 2.24) is 9.88 Å². The molecular formula is C14H23N3O. The Labute approximate surface area is 109 Å². The Morgan fingerprint density at radius 1 is 1.39 bits per heavy atom. The average molecular weight is 249 g/mol. The predicted molar refractivity (Wildman–Crippen MR) is 72.8 cm³/mol. The minimum Gasteiger partial charge on any atom is -0.339 e. The van der Waals surface area contributed by atoms with Gasteiger partial charge in [-0.05, 0) is 31.0 Å². The minimum atomic E-state index is -0.0195. The Morgan fingerprint density at radius 2 is 2.06 bits per heavy atom. The molecule has 0 spiro atoms. The first-order chi connectivity index (χ1) is 8.67. The second-order valence-corrected chi connectivity index (χ2v) is 4.52. The highest BCUT2D eigenvalue weighted by atomic mass is 16.2. The van der Waals surface area contributed by atoms with Crippen molar-refractivity contribution < 1.29 is 4.79 Å². The molecule has 0 aromatic carbocycles. The number of carbonyl (C=O) groups is 1. The largest absolute Gasteiger partial charge is 0.339 e. The normalized spacial score (nSPS) is 12.2. The summed E-state index contributed by atoms with van der Waals surface area (Å²) in [6, 6.07) is 3.85. The van der Waals surface area contributed by atoms with Gasteiger partial charge in [-0.1, -0.05) is 13.3 Å². The van der Waals surface area contributed by atoms with E-state index < -0.39 is 0 Å². The van der Waals surface area contributed by atoms with Crippen LogP contribution in [0.4, 0.5) is 0 Å². The third kappa shape index (κ3) is 4.84. The lowest BCUT2D eigenvalue weighted by Gasteiger charge is -2.22. The summed E-state index contributed by atoms with van der Waals surface area (Å²) >= 11 is 0. The van der Waals surface area contributed by atoms with Crippen LogP contribution in [0.25, 0.3) is 0 Å².